The monoisotopic (exact) mass is 291 g/mol. The van der Waals surface area contributed by atoms with Gasteiger partial charge in [0.2, 0.25) is 0 Å². The van der Waals surface area contributed by atoms with Crippen molar-refractivity contribution in [3.8, 4) is 5.75 Å². The number of phenols is 1. The van der Waals surface area contributed by atoms with Crippen molar-refractivity contribution < 1.29 is 14.6 Å². The molecule has 0 spiro atoms. The number of piperidine rings is 1. The number of aryl methyl sites for hydroxylation is 1. The predicted octanol–water partition coefficient (Wildman–Crippen LogP) is 3.82. The number of carbonyl (C=O) groups is 1. The molecule has 1 aliphatic heterocycles. The van der Waals surface area contributed by atoms with Crippen molar-refractivity contribution in [2.45, 2.75) is 52.1 Å². The lowest BCUT2D eigenvalue weighted by molar-refractivity contribution is 0.0204. The summed E-state index contributed by atoms with van der Waals surface area (Å²) in [6, 6.07) is 5.87. The van der Waals surface area contributed by atoms with Crippen molar-refractivity contribution in [1.29, 1.82) is 0 Å². The summed E-state index contributed by atoms with van der Waals surface area (Å²) in [7, 11) is 0. The van der Waals surface area contributed by atoms with Gasteiger partial charge in [0, 0.05) is 13.1 Å². The number of ether oxygens (including phenoxy) is 1. The molecular formula is C17H25NO3. The summed E-state index contributed by atoms with van der Waals surface area (Å²) < 4.78 is 5.40. The van der Waals surface area contributed by atoms with Crippen LogP contribution in [0.5, 0.6) is 5.75 Å². The highest BCUT2D eigenvalue weighted by Gasteiger charge is 2.28. The second-order valence-corrected chi connectivity index (χ2v) is 6.75. The van der Waals surface area contributed by atoms with Crippen molar-refractivity contribution in [1.82, 2.24) is 4.90 Å². The molecular weight excluding hydrogens is 266 g/mol. The van der Waals surface area contributed by atoms with Crippen LogP contribution in [0.3, 0.4) is 0 Å². The van der Waals surface area contributed by atoms with Gasteiger partial charge in [-0.3, -0.25) is 0 Å². The van der Waals surface area contributed by atoms with Crippen LogP contribution < -0.4 is 0 Å². The molecule has 0 radical (unpaired) electrons. The molecule has 4 nitrogen and oxygen atoms in total. The Morgan fingerprint density at radius 3 is 2.48 bits per heavy atom. The first kappa shape index (κ1) is 15.7. The van der Waals surface area contributed by atoms with E-state index >= 15 is 0 Å². The van der Waals surface area contributed by atoms with Crippen molar-refractivity contribution in [2.24, 2.45) is 0 Å². The van der Waals surface area contributed by atoms with Crippen molar-refractivity contribution >= 4 is 6.09 Å². The number of benzene rings is 1. The van der Waals surface area contributed by atoms with Gasteiger partial charge in [-0.1, -0.05) is 18.2 Å². The van der Waals surface area contributed by atoms with E-state index in [0.29, 0.717) is 24.8 Å². The van der Waals surface area contributed by atoms with Crippen LogP contribution in [0.4, 0.5) is 4.79 Å². The Kier molecular flexibility index (Phi) is 4.45. The third kappa shape index (κ3) is 3.90. The molecule has 4 heteroatoms. The lowest BCUT2D eigenvalue weighted by Gasteiger charge is -2.33. The maximum Gasteiger partial charge on any atom is 0.410 e. The van der Waals surface area contributed by atoms with Crippen LogP contribution in [0.25, 0.3) is 0 Å². The Balaban J connectivity index is 1.97. The molecule has 116 valence electrons. The van der Waals surface area contributed by atoms with E-state index in [2.05, 4.69) is 0 Å². The first-order valence-electron chi connectivity index (χ1n) is 7.54. The van der Waals surface area contributed by atoms with Gasteiger partial charge < -0.3 is 14.7 Å². The quantitative estimate of drug-likeness (QED) is 0.856. The molecule has 1 aromatic carbocycles. The van der Waals surface area contributed by atoms with Crippen LogP contribution in [0, 0.1) is 6.92 Å². The molecule has 0 aliphatic carbocycles. The zero-order valence-electron chi connectivity index (χ0n) is 13.3. The topological polar surface area (TPSA) is 49.8 Å². The average molecular weight is 291 g/mol. The molecule has 1 heterocycles. The molecule has 21 heavy (non-hydrogen) atoms. The minimum absolute atomic E-state index is 0.241. The van der Waals surface area contributed by atoms with E-state index in [1.54, 1.807) is 4.90 Å². The lowest BCUT2D eigenvalue weighted by Crippen LogP contribution is -2.41. The minimum Gasteiger partial charge on any atom is -0.507 e. The molecule has 1 N–H and O–H groups in total. The standard InChI is InChI=1S/C17H25NO3/c1-12-6-5-7-14(15(12)19)13-8-10-18(11-9-13)16(20)21-17(2,3)4/h5-7,13,19H,8-11H2,1-4H3. The summed E-state index contributed by atoms with van der Waals surface area (Å²) in [6.07, 6.45) is 1.47. The first-order valence-corrected chi connectivity index (χ1v) is 7.54. The summed E-state index contributed by atoms with van der Waals surface area (Å²) in [4.78, 5) is 13.8. The summed E-state index contributed by atoms with van der Waals surface area (Å²) in [6.45, 7) is 8.89. The van der Waals surface area contributed by atoms with E-state index < -0.39 is 5.60 Å². The number of carbonyl (C=O) groups excluding carboxylic acids is 1. The second-order valence-electron chi connectivity index (χ2n) is 6.75. The van der Waals surface area contributed by atoms with Crippen molar-refractivity contribution in [3.05, 3.63) is 29.3 Å². The van der Waals surface area contributed by atoms with Crippen LogP contribution in [0.15, 0.2) is 18.2 Å². The number of hydrogen-bond donors (Lipinski definition) is 1. The molecule has 0 aromatic heterocycles. The van der Waals surface area contributed by atoms with Crippen LogP contribution in [0.1, 0.15) is 50.7 Å². The number of nitrogens with zero attached hydrogens (tertiary/aromatic N) is 1. The molecule has 1 fully saturated rings. The fraction of sp³-hybridized carbons (Fsp3) is 0.588. The van der Waals surface area contributed by atoms with Crippen molar-refractivity contribution in [2.75, 3.05) is 13.1 Å². The number of phenolic OH excluding ortho intramolecular Hbond substituents is 1. The Hall–Kier alpha value is -1.71. The molecule has 1 aromatic rings. The van der Waals surface area contributed by atoms with E-state index in [9.17, 15) is 9.90 Å². The van der Waals surface area contributed by atoms with E-state index in [1.165, 1.54) is 0 Å². The first-order chi connectivity index (χ1) is 9.78. The highest BCUT2D eigenvalue weighted by Crippen LogP contribution is 2.35. The van der Waals surface area contributed by atoms with Gasteiger partial charge >= 0.3 is 6.09 Å². The van der Waals surface area contributed by atoms with Gasteiger partial charge in [-0.2, -0.15) is 0 Å². The van der Waals surface area contributed by atoms with Gasteiger partial charge in [-0.15, -0.1) is 0 Å². The molecule has 0 atom stereocenters. The number of rotatable bonds is 1. The maximum atomic E-state index is 12.0. The summed E-state index contributed by atoms with van der Waals surface area (Å²) in [5.41, 5.74) is 1.45. The number of hydrogen-bond acceptors (Lipinski definition) is 3. The van der Waals surface area contributed by atoms with Gasteiger partial charge in [0.25, 0.3) is 0 Å². The molecule has 0 saturated carbocycles. The summed E-state index contributed by atoms with van der Waals surface area (Å²) >= 11 is 0. The average Bonchev–Trinajstić information content (AvgIpc) is 2.40. The number of aromatic hydroxyl groups is 1. The molecule has 1 aliphatic rings. The Bertz CT molecular complexity index is 511. The van der Waals surface area contributed by atoms with E-state index in [4.69, 9.17) is 4.74 Å². The van der Waals surface area contributed by atoms with Crippen LogP contribution in [0.2, 0.25) is 0 Å². The normalized spacial score (nSPS) is 16.9. The lowest BCUT2D eigenvalue weighted by atomic mass is 9.88. The largest absolute Gasteiger partial charge is 0.507 e. The van der Waals surface area contributed by atoms with E-state index in [1.807, 2.05) is 45.9 Å². The summed E-state index contributed by atoms with van der Waals surface area (Å²) in [5.74, 6) is 0.705. The molecule has 1 saturated heterocycles. The zero-order chi connectivity index (χ0) is 15.6. The second kappa shape index (κ2) is 5.96. The number of likely N-dealkylation sites (tertiary alicyclic amines) is 1. The smallest absolute Gasteiger partial charge is 0.410 e. The van der Waals surface area contributed by atoms with Gasteiger partial charge in [0.15, 0.2) is 0 Å². The van der Waals surface area contributed by atoms with Crippen LogP contribution in [-0.2, 0) is 4.74 Å². The fourth-order valence-electron chi connectivity index (χ4n) is 2.71. The molecule has 2 rings (SSSR count). The third-order valence-corrected chi connectivity index (χ3v) is 3.86. The highest BCUT2D eigenvalue weighted by atomic mass is 16.6. The van der Waals surface area contributed by atoms with Gasteiger partial charge in [0.1, 0.15) is 11.4 Å². The molecule has 1 amide bonds. The van der Waals surface area contributed by atoms with E-state index in [-0.39, 0.29) is 6.09 Å². The Morgan fingerprint density at radius 1 is 1.29 bits per heavy atom. The van der Waals surface area contributed by atoms with Crippen LogP contribution >= 0.6 is 0 Å². The van der Waals surface area contributed by atoms with E-state index in [0.717, 1.165) is 24.0 Å². The van der Waals surface area contributed by atoms with Gasteiger partial charge in [-0.25, -0.2) is 4.79 Å². The zero-order valence-corrected chi connectivity index (χ0v) is 13.3. The third-order valence-electron chi connectivity index (χ3n) is 3.86. The predicted molar refractivity (Wildman–Crippen MR) is 82.6 cm³/mol. The highest BCUT2D eigenvalue weighted by molar-refractivity contribution is 5.68. The fourth-order valence-corrected chi connectivity index (χ4v) is 2.71. The molecule has 0 unspecified atom stereocenters. The number of para-hydroxylation sites is 1. The SMILES string of the molecule is Cc1cccc(C2CCN(C(=O)OC(C)(C)C)CC2)c1O. The van der Waals surface area contributed by atoms with Crippen molar-refractivity contribution in [3.63, 3.8) is 0 Å². The minimum atomic E-state index is -0.456. The van der Waals surface area contributed by atoms with Gasteiger partial charge in [0.05, 0.1) is 0 Å². The Morgan fingerprint density at radius 2 is 1.90 bits per heavy atom. The molecule has 0 bridgehead atoms. The maximum absolute atomic E-state index is 12.0. The summed E-state index contributed by atoms with van der Waals surface area (Å²) in [5, 5.41) is 10.2. The van der Waals surface area contributed by atoms with Crippen LogP contribution in [-0.4, -0.2) is 34.8 Å². The van der Waals surface area contributed by atoms with Gasteiger partial charge in [-0.05, 0) is 57.6 Å². The Labute approximate surface area is 126 Å². The number of amides is 1.